The Labute approximate surface area is 206 Å². The van der Waals surface area contributed by atoms with Gasteiger partial charge in [-0.1, -0.05) is 12.1 Å². The van der Waals surface area contributed by atoms with Crippen LogP contribution in [0.25, 0.3) is 11.1 Å². The highest BCUT2D eigenvalue weighted by Gasteiger charge is 2.23. The average molecular weight is 497 g/mol. The third kappa shape index (κ3) is 5.76. The minimum Gasteiger partial charge on any atom is -0.504 e. The van der Waals surface area contributed by atoms with Gasteiger partial charge in [0.2, 0.25) is 0 Å². The van der Waals surface area contributed by atoms with Crippen molar-refractivity contribution < 1.29 is 28.6 Å². The molecule has 1 saturated heterocycles. The number of aryl methyl sites for hydroxylation is 1. The van der Waals surface area contributed by atoms with Gasteiger partial charge < -0.3 is 20.4 Å². The first-order valence-corrected chi connectivity index (χ1v) is 11.6. The van der Waals surface area contributed by atoms with E-state index in [1.807, 2.05) is 24.3 Å². The Balaban J connectivity index is 1.37. The molecule has 4 rings (SSSR count). The van der Waals surface area contributed by atoms with Crippen molar-refractivity contribution in [1.82, 2.24) is 15.3 Å². The Kier molecular flexibility index (Phi) is 7.42. The Bertz CT molecular complexity index is 1280. The molecular formula is C26H26F2N4O4. The van der Waals surface area contributed by atoms with E-state index in [9.17, 15) is 23.5 Å². The summed E-state index contributed by atoms with van der Waals surface area (Å²) in [5, 5.41) is 21.1. The second-order valence-electron chi connectivity index (χ2n) is 8.80. The van der Waals surface area contributed by atoms with E-state index in [1.54, 1.807) is 6.92 Å². The molecule has 1 aliphatic rings. The standard InChI is InChI=1S/C26H26F2N4O4/c1-15-25(35)24(26(36)29-14-23(33)34)31-22(30-15)12-16-8-10-32(11-9-16)19-5-2-17(3-6-19)20-7-4-18(27)13-21(20)28/h2-7,13,16,35H,8-12,14H2,1H3,(H,29,36)(H,33,34). The number of aliphatic carboxylic acids is 1. The maximum atomic E-state index is 14.1. The summed E-state index contributed by atoms with van der Waals surface area (Å²) in [5.74, 6) is -2.83. The topological polar surface area (TPSA) is 116 Å². The number of carboxylic acids is 1. The highest BCUT2D eigenvalue weighted by Crippen LogP contribution is 2.29. The molecule has 1 fully saturated rings. The zero-order valence-corrected chi connectivity index (χ0v) is 19.7. The number of nitrogens with one attached hydrogen (secondary N) is 1. The molecule has 8 nitrogen and oxygen atoms in total. The van der Waals surface area contributed by atoms with Crippen LogP contribution in [0.15, 0.2) is 42.5 Å². The van der Waals surface area contributed by atoms with Crippen LogP contribution in [-0.4, -0.2) is 51.7 Å². The zero-order valence-electron chi connectivity index (χ0n) is 19.7. The first-order chi connectivity index (χ1) is 17.2. The van der Waals surface area contributed by atoms with Gasteiger partial charge in [-0.2, -0.15) is 0 Å². The number of halogens is 2. The summed E-state index contributed by atoms with van der Waals surface area (Å²) in [4.78, 5) is 33.7. The molecule has 36 heavy (non-hydrogen) atoms. The molecule has 2 heterocycles. The van der Waals surface area contributed by atoms with Gasteiger partial charge in [0, 0.05) is 36.8 Å². The van der Waals surface area contributed by atoms with Crippen molar-refractivity contribution in [2.24, 2.45) is 5.92 Å². The number of rotatable bonds is 7. The van der Waals surface area contributed by atoms with Crippen molar-refractivity contribution in [1.29, 1.82) is 0 Å². The van der Waals surface area contributed by atoms with Gasteiger partial charge in [0.05, 0.1) is 5.69 Å². The van der Waals surface area contributed by atoms with Crippen LogP contribution >= 0.6 is 0 Å². The Morgan fingerprint density at radius 1 is 1.08 bits per heavy atom. The number of amides is 1. The summed E-state index contributed by atoms with van der Waals surface area (Å²) in [6, 6.07) is 11.0. The Morgan fingerprint density at radius 2 is 1.78 bits per heavy atom. The van der Waals surface area contributed by atoms with E-state index in [0.717, 1.165) is 37.7 Å². The van der Waals surface area contributed by atoms with E-state index in [4.69, 9.17) is 5.11 Å². The summed E-state index contributed by atoms with van der Waals surface area (Å²) >= 11 is 0. The number of nitrogens with zero attached hydrogens (tertiary/aromatic N) is 3. The fraction of sp³-hybridized carbons (Fsp3) is 0.308. The third-order valence-corrected chi connectivity index (χ3v) is 6.28. The average Bonchev–Trinajstić information content (AvgIpc) is 2.85. The molecule has 3 N–H and O–H groups in total. The predicted octanol–water partition coefficient (Wildman–Crippen LogP) is 3.71. The highest BCUT2D eigenvalue weighted by molar-refractivity contribution is 5.96. The monoisotopic (exact) mass is 496 g/mol. The number of anilines is 1. The molecule has 0 aliphatic carbocycles. The SMILES string of the molecule is Cc1nc(CC2CCN(c3ccc(-c4ccc(F)cc4F)cc3)CC2)nc(C(=O)NCC(=O)O)c1O. The van der Waals surface area contributed by atoms with Crippen LogP contribution in [0.1, 0.15) is 34.8 Å². The largest absolute Gasteiger partial charge is 0.504 e. The minimum atomic E-state index is -1.20. The van der Waals surface area contributed by atoms with E-state index >= 15 is 0 Å². The van der Waals surface area contributed by atoms with Crippen molar-refractivity contribution >= 4 is 17.6 Å². The van der Waals surface area contributed by atoms with Crippen LogP contribution in [0.3, 0.4) is 0 Å². The molecule has 10 heteroatoms. The van der Waals surface area contributed by atoms with Crippen LogP contribution in [0.2, 0.25) is 0 Å². The number of aromatic nitrogens is 2. The smallest absolute Gasteiger partial charge is 0.322 e. The number of aromatic hydroxyl groups is 1. The third-order valence-electron chi connectivity index (χ3n) is 6.28. The molecule has 0 atom stereocenters. The predicted molar refractivity (Wildman–Crippen MR) is 129 cm³/mol. The summed E-state index contributed by atoms with van der Waals surface area (Å²) in [5.41, 5.74) is 2.06. The molecular weight excluding hydrogens is 470 g/mol. The number of hydrogen-bond acceptors (Lipinski definition) is 6. The number of piperidine rings is 1. The molecule has 0 unspecified atom stereocenters. The number of carbonyl (C=O) groups excluding carboxylic acids is 1. The van der Waals surface area contributed by atoms with Crippen LogP contribution in [0, 0.1) is 24.5 Å². The zero-order chi connectivity index (χ0) is 25.8. The lowest BCUT2D eigenvalue weighted by Crippen LogP contribution is -2.34. The van der Waals surface area contributed by atoms with Crippen molar-refractivity contribution in [2.75, 3.05) is 24.5 Å². The van der Waals surface area contributed by atoms with Crippen molar-refractivity contribution in [3.63, 3.8) is 0 Å². The van der Waals surface area contributed by atoms with Crippen LogP contribution in [0.5, 0.6) is 5.75 Å². The molecule has 2 aromatic carbocycles. The quantitative estimate of drug-likeness (QED) is 0.457. The Hall–Kier alpha value is -4.08. The molecule has 0 saturated carbocycles. The lowest BCUT2D eigenvalue weighted by Gasteiger charge is -2.33. The van der Waals surface area contributed by atoms with Crippen molar-refractivity contribution in [2.45, 2.75) is 26.2 Å². The molecule has 188 valence electrons. The summed E-state index contributed by atoms with van der Waals surface area (Å²) in [7, 11) is 0. The van der Waals surface area contributed by atoms with Crippen molar-refractivity contribution in [3.8, 4) is 16.9 Å². The Morgan fingerprint density at radius 3 is 2.42 bits per heavy atom. The van der Waals surface area contributed by atoms with Crippen LogP contribution < -0.4 is 10.2 Å². The minimum absolute atomic E-state index is 0.228. The van der Waals surface area contributed by atoms with Gasteiger partial charge in [0.1, 0.15) is 24.0 Å². The van der Waals surface area contributed by atoms with Gasteiger partial charge in [-0.05, 0) is 55.5 Å². The van der Waals surface area contributed by atoms with E-state index in [0.29, 0.717) is 23.4 Å². The second kappa shape index (κ2) is 10.7. The van der Waals surface area contributed by atoms with Gasteiger partial charge in [-0.15, -0.1) is 0 Å². The van der Waals surface area contributed by atoms with E-state index < -0.39 is 30.1 Å². The maximum Gasteiger partial charge on any atom is 0.322 e. The van der Waals surface area contributed by atoms with Gasteiger partial charge in [-0.3, -0.25) is 9.59 Å². The highest BCUT2D eigenvalue weighted by atomic mass is 19.1. The molecule has 3 aromatic rings. The lowest BCUT2D eigenvalue weighted by atomic mass is 9.92. The first kappa shape index (κ1) is 25.0. The normalized spacial score (nSPS) is 14.0. The van der Waals surface area contributed by atoms with Gasteiger partial charge >= 0.3 is 5.97 Å². The lowest BCUT2D eigenvalue weighted by molar-refractivity contribution is -0.135. The fourth-order valence-corrected chi connectivity index (χ4v) is 4.34. The van der Waals surface area contributed by atoms with Crippen molar-refractivity contribution in [3.05, 3.63) is 71.3 Å². The number of benzene rings is 2. The maximum absolute atomic E-state index is 14.1. The number of carbonyl (C=O) groups is 2. The van der Waals surface area contributed by atoms with Gasteiger partial charge in [0.15, 0.2) is 11.4 Å². The molecule has 1 aromatic heterocycles. The van der Waals surface area contributed by atoms with E-state index in [-0.39, 0.29) is 23.1 Å². The van der Waals surface area contributed by atoms with E-state index in [1.165, 1.54) is 12.1 Å². The molecule has 1 aliphatic heterocycles. The van der Waals surface area contributed by atoms with Crippen LogP contribution in [0.4, 0.5) is 14.5 Å². The van der Waals surface area contributed by atoms with Gasteiger partial charge in [0.25, 0.3) is 5.91 Å². The van der Waals surface area contributed by atoms with Gasteiger partial charge in [-0.25, -0.2) is 18.7 Å². The summed E-state index contributed by atoms with van der Waals surface area (Å²) in [6.45, 7) is 2.57. The number of hydrogen-bond donors (Lipinski definition) is 3. The molecule has 1 amide bonds. The number of carboxylic acid groups (broad SMARTS) is 1. The first-order valence-electron chi connectivity index (χ1n) is 11.6. The van der Waals surface area contributed by atoms with Crippen LogP contribution in [-0.2, 0) is 11.2 Å². The second-order valence-corrected chi connectivity index (χ2v) is 8.80. The fourth-order valence-electron chi connectivity index (χ4n) is 4.34. The molecule has 0 bridgehead atoms. The van der Waals surface area contributed by atoms with E-state index in [2.05, 4.69) is 20.2 Å². The summed E-state index contributed by atoms with van der Waals surface area (Å²) in [6.07, 6.45) is 2.24. The molecule has 0 radical (unpaired) electrons. The summed E-state index contributed by atoms with van der Waals surface area (Å²) < 4.78 is 27.3. The molecule has 0 spiro atoms.